The summed E-state index contributed by atoms with van der Waals surface area (Å²) in [6.45, 7) is 4.90. The zero-order valence-electron chi connectivity index (χ0n) is 21.7. The first-order valence-corrected chi connectivity index (χ1v) is 11.9. The van der Waals surface area contributed by atoms with E-state index in [1.165, 1.54) is 26.6 Å². The molecule has 12 nitrogen and oxygen atoms in total. The van der Waals surface area contributed by atoms with Crippen LogP contribution >= 0.6 is 0 Å². The molecule has 2 aromatic heterocycles. The maximum absolute atomic E-state index is 12.9. The lowest BCUT2D eigenvalue weighted by Gasteiger charge is -2.26. The second-order valence-electron chi connectivity index (χ2n) is 9.58. The van der Waals surface area contributed by atoms with E-state index in [1.807, 2.05) is 0 Å². The fourth-order valence-electron chi connectivity index (χ4n) is 4.27. The number of carbonyl (C=O) groups is 2. The number of aromatic nitrogens is 4. The lowest BCUT2D eigenvalue weighted by Crippen LogP contribution is -2.41. The first-order chi connectivity index (χ1) is 17.6. The highest BCUT2D eigenvalue weighted by Gasteiger charge is 2.34. The van der Waals surface area contributed by atoms with Crippen molar-refractivity contribution in [2.75, 3.05) is 19.1 Å². The number of imide groups is 1. The van der Waals surface area contributed by atoms with Crippen LogP contribution in [0.25, 0.3) is 17.0 Å². The zero-order valence-corrected chi connectivity index (χ0v) is 21.7. The van der Waals surface area contributed by atoms with Gasteiger partial charge in [-0.1, -0.05) is 12.8 Å². The van der Waals surface area contributed by atoms with Crippen LogP contribution in [0.15, 0.2) is 24.8 Å². The molecule has 12 heteroatoms. The molecule has 0 radical (unpaired) electrons. The van der Waals surface area contributed by atoms with Crippen LogP contribution < -0.4 is 4.90 Å². The van der Waals surface area contributed by atoms with Crippen molar-refractivity contribution in [1.82, 2.24) is 19.7 Å². The maximum Gasteiger partial charge on any atom is 0.425 e. The van der Waals surface area contributed by atoms with Gasteiger partial charge in [-0.2, -0.15) is 15.3 Å². The van der Waals surface area contributed by atoms with E-state index in [4.69, 9.17) is 14.2 Å². The van der Waals surface area contributed by atoms with Gasteiger partial charge in [0.1, 0.15) is 11.9 Å². The van der Waals surface area contributed by atoms with Crippen molar-refractivity contribution in [3.05, 3.63) is 30.4 Å². The number of methoxy groups -OCH3 is 2. The Morgan fingerprint density at radius 3 is 2.51 bits per heavy atom. The lowest BCUT2D eigenvalue weighted by atomic mass is 10.0. The molecular formula is C25H32N6O6. The van der Waals surface area contributed by atoms with Crippen molar-refractivity contribution >= 4 is 23.7 Å². The van der Waals surface area contributed by atoms with Crippen LogP contribution in [0.3, 0.4) is 0 Å². The number of nitriles is 1. The Morgan fingerprint density at radius 1 is 1.27 bits per heavy atom. The average Bonchev–Trinajstić information content (AvgIpc) is 3.53. The zero-order chi connectivity index (χ0) is 27.2. The number of nitrogens with zero attached hydrogens (tertiary/aromatic N) is 6. The monoisotopic (exact) mass is 512 g/mol. The van der Waals surface area contributed by atoms with E-state index in [0.717, 1.165) is 31.4 Å². The summed E-state index contributed by atoms with van der Waals surface area (Å²) in [5.41, 5.74) is 1.02. The molecule has 1 fully saturated rings. The van der Waals surface area contributed by atoms with Gasteiger partial charge in [-0.25, -0.2) is 24.2 Å². The second-order valence-corrected chi connectivity index (χ2v) is 9.58. The summed E-state index contributed by atoms with van der Waals surface area (Å²) < 4.78 is 17.7. The standard InChI is InChI=1S/C25H32N6O6/c1-25(2,3)37-24(34)31(23(32)33)22-18(12-20(35-4)36-5)21(27-15-28-22)17-13-29-30(14-17)19(10-11-26)16-8-6-7-9-16/h10,13-16,20H,6-9,12H2,1-5H3,(H,32,33)/b19-10-. The third kappa shape index (κ3) is 6.69. The van der Waals surface area contributed by atoms with Crippen molar-refractivity contribution in [3.8, 4) is 17.3 Å². The fraction of sp³-hybridized carbons (Fsp3) is 0.520. The molecule has 0 atom stereocenters. The fourth-order valence-corrected chi connectivity index (χ4v) is 4.27. The Hall–Kier alpha value is -3.82. The quantitative estimate of drug-likeness (QED) is 0.396. The molecule has 2 heterocycles. The van der Waals surface area contributed by atoms with E-state index in [-0.39, 0.29) is 23.7 Å². The Morgan fingerprint density at radius 2 is 1.95 bits per heavy atom. The molecule has 198 valence electrons. The van der Waals surface area contributed by atoms with Crippen molar-refractivity contribution < 1.29 is 28.9 Å². The minimum Gasteiger partial charge on any atom is -0.464 e. The number of carboxylic acid groups (broad SMARTS) is 1. The molecule has 2 amide bonds. The Balaban J connectivity index is 2.13. The molecule has 0 spiro atoms. The number of ether oxygens (including phenoxy) is 3. The van der Waals surface area contributed by atoms with Crippen LogP contribution in [0.4, 0.5) is 15.4 Å². The normalized spacial score (nSPS) is 14.6. The van der Waals surface area contributed by atoms with Crippen molar-refractivity contribution in [3.63, 3.8) is 0 Å². The Kier molecular flexibility index (Phi) is 8.96. The second kappa shape index (κ2) is 11.9. The van der Waals surface area contributed by atoms with Crippen LogP contribution in [-0.4, -0.2) is 63.2 Å². The van der Waals surface area contributed by atoms with Crippen molar-refractivity contribution in [1.29, 1.82) is 5.26 Å². The lowest BCUT2D eigenvalue weighted by molar-refractivity contribution is -0.100. The third-order valence-corrected chi connectivity index (χ3v) is 5.90. The van der Waals surface area contributed by atoms with E-state index < -0.39 is 24.1 Å². The summed E-state index contributed by atoms with van der Waals surface area (Å²) >= 11 is 0. The molecule has 1 aliphatic carbocycles. The SMILES string of the molecule is COC(Cc1c(-c2cnn(/C(=C\C#N)C3CCCC3)c2)ncnc1N(C(=O)O)C(=O)OC(C)(C)C)OC. The maximum atomic E-state index is 12.9. The summed E-state index contributed by atoms with van der Waals surface area (Å²) in [6, 6.07) is 2.11. The highest BCUT2D eigenvalue weighted by atomic mass is 16.7. The number of hydrogen-bond donors (Lipinski definition) is 1. The number of allylic oxidation sites excluding steroid dienone is 2. The van der Waals surface area contributed by atoms with Crippen LogP contribution in [0, 0.1) is 17.2 Å². The number of carbonyl (C=O) groups excluding carboxylic acids is 1. The van der Waals surface area contributed by atoms with Crippen LogP contribution in [-0.2, 0) is 20.6 Å². The topological polar surface area (TPSA) is 153 Å². The van der Waals surface area contributed by atoms with Crippen molar-refractivity contribution in [2.45, 2.75) is 64.8 Å². The Labute approximate surface area is 215 Å². The van der Waals surface area contributed by atoms with E-state index in [2.05, 4.69) is 21.1 Å². The third-order valence-electron chi connectivity index (χ3n) is 5.90. The smallest absolute Gasteiger partial charge is 0.425 e. The van der Waals surface area contributed by atoms with Gasteiger partial charge in [0.15, 0.2) is 12.1 Å². The molecule has 2 aromatic rings. The van der Waals surface area contributed by atoms with Crippen LogP contribution in [0.5, 0.6) is 0 Å². The van der Waals surface area contributed by atoms with E-state index >= 15 is 0 Å². The number of amides is 2. The molecule has 0 bridgehead atoms. The first kappa shape index (κ1) is 27.8. The van der Waals surface area contributed by atoms with Gasteiger partial charge in [0.2, 0.25) is 0 Å². The molecular weight excluding hydrogens is 480 g/mol. The van der Waals surface area contributed by atoms with Crippen molar-refractivity contribution in [2.24, 2.45) is 5.92 Å². The number of hydrogen-bond acceptors (Lipinski definition) is 9. The van der Waals surface area contributed by atoms with E-state index in [0.29, 0.717) is 16.2 Å². The van der Waals surface area contributed by atoms with Gasteiger partial charge in [-0.15, -0.1) is 0 Å². The predicted octanol–water partition coefficient (Wildman–Crippen LogP) is 4.48. The highest BCUT2D eigenvalue weighted by molar-refractivity contribution is 6.08. The molecule has 0 saturated heterocycles. The molecule has 3 rings (SSSR count). The molecule has 37 heavy (non-hydrogen) atoms. The van der Waals surface area contributed by atoms with Gasteiger partial charge in [0.25, 0.3) is 0 Å². The van der Waals surface area contributed by atoms with Gasteiger partial charge < -0.3 is 19.3 Å². The minimum atomic E-state index is -1.57. The molecule has 1 aliphatic rings. The largest absolute Gasteiger partial charge is 0.464 e. The Bertz CT molecular complexity index is 1190. The summed E-state index contributed by atoms with van der Waals surface area (Å²) in [7, 11) is 2.89. The molecule has 0 aliphatic heterocycles. The summed E-state index contributed by atoms with van der Waals surface area (Å²) in [5, 5.41) is 23.7. The average molecular weight is 513 g/mol. The highest BCUT2D eigenvalue weighted by Crippen LogP contribution is 2.35. The van der Waals surface area contributed by atoms with Gasteiger partial charge in [0.05, 0.1) is 23.7 Å². The molecule has 1 saturated carbocycles. The number of anilines is 1. The van der Waals surface area contributed by atoms with Crippen LogP contribution in [0.2, 0.25) is 0 Å². The first-order valence-electron chi connectivity index (χ1n) is 11.9. The van der Waals surface area contributed by atoms with E-state index in [9.17, 15) is 20.0 Å². The van der Waals surface area contributed by atoms with E-state index in [1.54, 1.807) is 37.8 Å². The molecule has 0 aromatic carbocycles. The predicted molar refractivity (Wildman–Crippen MR) is 133 cm³/mol. The van der Waals surface area contributed by atoms with Gasteiger partial charge in [-0.05, 0) is 33.6 Å². The summed E-state index contributed by atoms with van der Waals surface area (Å²) in [5.74, 6) is 0.0380. The van der Waals surface area contributed by atoms with Gasteiger partial charge in [-0.3, -0.25) is 0 Å². The molecule has 0 unspecified atom stereocenters. The molecule has 1 N–H and O–H groups in total. The van der Waals surface area contributed by atoms with Crippen LogP contribution in [0.1, 0.15) is 52.0 Å². The summed E-state index contributed by atoms with van der Waals surface area (Å²) in [6.07, 6.45) is 6.67. The number of rotatable bonds is 8. The van der Waals surface area contributed by atoms with Gasteiger partial charge in [0, 0.05) is 50.0 Å². The summed E-state index contributed by atoms with van der Waals surface area (Å²) in [4.78, 5) is 34.1. The minimum absolute atomic E-state index is 0.0276. The van der Waals surface area contributed by atoms with Gasteiger partial charge >= 0.3 is 12.2 Å².